The van der Waals surface area contributed by atoms with Gasteiger partial charge in [0.2, 0.25) is 5.76 Å². The van der Waals surface area contributed by atoms with E-state index in [1.807, 2.05) is 0 Å². The van der Waals surface area contributed by atoms with Crippen LogP contribution in [0.15, 0.2) is 27.6 Å². The number of aromatic nitrogens is 1. The average Bonchev–Trinajstić information content (AvgIpc) is 2.99. The van der Waals surface area contributed by atoms with E-state index in [4.69, 9.17) is 4.74 Å². The van der Waals surface area contributed by atoms with Gasteiger partial charge in [-0.1, -0.05) is 11.2 Å². The highest BCUT2D eigenvalue weighted by Gasteiger charge is 2.41. The Morgan fingerprint density at radius 3 is 2.65 bits per heavy atom. The number of nitrogens with zero attached hydrogens (tertiary/aromatic N) is 1. The molecule has 2 aromatic rings. The number of alkyl halides is 3. The molecule has 1 aromatic carbocycles. The molecular formula is C16H13F3NO5S-. The van der Waals surface area contributed by atoms with Crippen LogP contribution in [0.2, 0.25) is 0 Å². The highest BCUT2D eigenvalue weighted by Crippen LogP contribution is 2.40. The lowest BCUT2D eigenvalue weighted by molar-refractivity contribution is -0.156. The summed E-state index contributed by atoms with van der Waals surface area (Å²) < 4.78 is 82.3. The van der Waals surface area contributed by atoms with Crippen molar-refractivity contribution in [3.05, 3.63) is 40.8 Å². The van der Waals surface area contributed by atoms with E-state index in [0.29, 0.717) is 24.0 Å². The summed E-state index contributed by atoms with van der Waals surface area (Å²) in [4.78, 5) is -0.540. The van der Waals surface area contributed by atoms with E-state index < -0.39 is 27.0 Å². The molecule has 26 heavy (non-hydrogen) atoms. The smallest absolute Gasteiger partial charge is 0.452 e. The Kier molecular flexibility index (Phi) is 4.57. The van der Waals surface area contributed by atoms with Gasteiger partial charge in [0.1, 0.15) is 21.6 Å². The lowest BCUT2D eigenvalue weighted by Gasteiger charge is -2.15. The number of fused-ring (bicyclic) bond motifs is 1. The van der Waals surface area contributed by atoms with E-state index in [1.54, 1.807) is 0 Å². The van der Waals surface area contributed by atoms with Gasteiger partial charge < -0.3 is 13.8 Å². The Labute approximate surface area is 147 Å². The van der Waals surface area contributed by atoms with Gasteiger partial charge in [0.15, 0.2) is 0 Å². The van der Waals surface area contributed by atoms with Crippen molar-refractivity contribution >= 4 is 21.8 Å². The van der Waals surface area contributed by atoms with Crippen LogP contribution in [-0.2, 0) is 22.7 Å². The maximum atomic E-state index is 13.0. The molecule has 1 heterocycles. The highest BCUT2D eigenvalue weighted by molar-refractivity contribution is 7.85. The summed E-state index contributed by atoms with van der Waals surface area (Å²) in [5.74, 6) is -1.22. The Bertz CT molecular complexity index is 976. The number of ether oxygens (including phenoxy) is 1. The summed E-state index contributed by atoms with van der Waals surface area (Å²) in [6.45, 7) is 0. The molecule has 0 fully saturated rings. The topological polar surface area (TPSA) is 92.5 Å². The zero-order chi connectivity index (χ0) is 19.1. The summed E-state index contributed by atoms with van der Waals surface area (Å²) in [5, 5.41) is 3.54. The molecule has 140 valence electrons. The third-order valence-electron chi connectivity index (χ3n) is 4.02. The van der Waals surface area contributed by atoms with E-state index in [9.17, 15) is 26.1 Å². The minimum absolute atomic E-state index is 0.0137. The van der Waals surface area contributed by atoms with Crippen LogP contribution in [0.1, 0.15) is 35.4 Å². The Balaban J connectivity index is 2.07. The molecule has 0 amide bonds. The molecule has 3 rings (SSSR count). The van der Waals surface area contributed by atoms with Crippen LogP contribution >= 0.6 is 0 Å². The van der Waals surface area contributed by atoms with Crippen molar-refractivity contribution in [2.24, 2.45) is 0 Å². The molecular weight excluding hydrogens is 375 g/mol. The van der Waals surface area contributed by atoms with Crippen LogP contribution in [0, 0.1) is 0 Å². The van der Waals surface area contributed by atoms with Gasteiger partial charge in [0.25, 0.3) is 0 Å². The fourth-order valence-electron chi connectivity index (χ4n) is 2.91. The van der Waals surface area contributed by atoms with Gasteiger partial charge in [0, 0.05) is 5.56 Å². The normalized spacial score (nSPS) is 16.6. The molecule has 1 aliphatic carbocycles. The fourth-order valence-corrected chi connectivity index (χ4v) is 3.59. The first-order chi connectivity index (χ1) is 12.1. The second-order valence-corrected chi connectivity index (χ2v) is 7.07. The van der Waals surface area contributed by atoms with Crippen molar-refractivity contribution in [3.63, 3.8) is 0 Å². The molecule has 0 bridgehead atoms. The first kappa shape index (κ1) is 18.5. The van der Waals surface area contributed by atoms with Gasteiger partial charge in [-0.05, 0) is 48.6 Å². The Morgan fingerprint density at radius 2 is 2.04 bits per heavy atom. The average molecular weight is 388 g/mol. The number of hydrogen-bond donors (Lipinski definition) is 0. The zero-order valence-electron chi connectivity index (χ0n) is 13.5. The maximum absolute atomic E-state index is 13.0. The second kappa shape index (κ2) is 6.44. The summed E-state index contributed by atoms with van der Waals surface area (Å²) >= 11 is 0. The molecule has 0 N–H and O–H groups in total. The maximum Gasteiger partial charge on any atom is 0.452 e. The van der Waals surface area contributed by atoms with Gasteiger partial charge in [-0.15, -0.1) is 0 Å². The minimum atomic E-state index is -4.77. The summed E-state index contributed by atoms with van der Waals surface area (Å²) in [5.41, 5.74) is 0.899. The standard InChI is InChI=1S/C16H14F3NO5S/c1-24-12-6-5-9(8-13(12)26(21,22)23)7-10-3-2-4-11-14(10)20-25-15(11)16(17,18)19/h5-8H,2-4H2,1H3,(H,21,22,23)/p-1/b10-7+. The number of halogens is 3. The molecule has 0 saturated heterocycles. The van der Waals surface area contributed by atoms with Crippen molar-refractivity contribution in [1.82, 2.24) is 5.16 Å². The van der Waals surface area contributed by atoms with E-state index in [1.165, 1.54) is 25.3 Å². The van der Waals surface area contributed by atoms with Gasteiger partial charge in [-0.2, -0.15) is 13.2 Å². The third-order valence-corrected chi connectivity index (χ3v) is 4.88. The molecule has 0 unspecified atom stereocenters. The molecule has 6 nitrogen and oxygen atoms in total. The molecule has 1 aliphatic rings. The van der Waals surface area contributed by atoms with E-state index in [2.05, 4.69) is 9.68 Å². The lowest BCUT2D eigenvalue weighted by Crippen LogP contribution is -2.10. The van der Waals surface area contributed by atoms with E-state index in [-0.39, 0.29) is 23.4 Å². The van der Waals surface area contributed by atoms with Gasteiger partial charge in [-0.25, -0.2) is 8.42 Å². The predicted molar refractivity (Wildman–Crippen MR) is 83.3 cm³/mol. The largest absolute Gasteiger partial charge is 0.744 e. The van der Waals surface area contributed by atoms with Crippen molar-refractivity contribution in [2.75, 3.05) is 7.11 Å². The quantitative estimate of drug-likeness (QED) is 0.748. The van der Waals surface area contributed by atoms with Crippen LogP contribution in [-0.4, -0.2) is 25.2 Å². The van der Waals surface area contributed by atoms with Crippen molar-refractivity contribution in [1.29, 1.82) is 0 Å². The first-order valence-corrected chi connectivity index (χ1v) is 8.92. The summed E-state index contributed by atoms with van der Waals surface area (Å²) in [6.07, 6.45) is -2.04. The van der Waals surface area contributed by atoms with Crippen molar-refractivity contribution < 1.29 is 35.4 Å². The number of benzene rings is 1. The fraction of sp³-hybridized carbons (Fsp3) is 0.312. The number of hydrogen-bond acceptors (Lipinski definition) is 6. The second-order valence-electron chi connectivity index (χ2n) is 5.72. The molecule has 1 aromatic heterocycles. The monoisotopic (exact) mass is 388 g/mol. The van der Waals surface area contributed by atoms with Crippen LogP contribution in [0.25, 0.3) is 11.6 Å². The third kappa shape index (κ3) is 3.47. The molecule has 10 heteroatoms. The van der Waals surface area contributed by atoms with Crippen LogP contribution in [0.5, 0.6) is 5.75 Å². The molecule has 0 aliphatic heterocycles. The van der Waals surface area contributed by atoms with Gasteiger partial charge in [0.05, 0.1) is 12.0 Å². The Morgan fingerprint density at radius 1 is 1.31 bits per heavy atom. The number of allylic oxidation sites excluding steroid dienone is 1. The Hall–Kier alpha value is -2.33. The summed E-state index contributed by atoms with van der Waals surface area (Å²) in [6, 6.07) is 3.93. The van der Waals surface area contributed by atoms with E-state index in [0.717, 1.165) is 6.07 Å². The van der Waals surface area contributed by atoms with Crippen molar-refractivity contribution in [3.8, 4) is 5.75 Å². The molecule has 0 spiro atoms. The highest BCUT2D eigenvalue weighted by atomic mass is 32.2. The minimum Gasteiger partial charge on any atom is -0.744 e. The van der Waals surface area contributed by atoms with Crippen LogP contribution < -0.4 is 4.74 Å². The molecule has 0 radical (unpaired) electrons. The molecule has 0 atom stereocenters. The van der Waals surface area contributed by atoms with Crippen molar-refractivity contribution in [2.45, 2.75) is 30.3 Å². The first-order valence-electron chi connectivity index (χ1n) is 7.52. The molecule has 0 saturated carbocycles. The summed E-state index contributed by atoms with van der Waals surface area (Å²) in [7, 11) is -3.55. The van der Waals surface area contributed by atoms with E-state index >= 15 is 0 Å². The zero-order valence-corrected chi connectivity index (χ0v) is 14.3. The number of methoxy groups -OCH3 is 1. The van der Waals surface area contributed by atoms with Gasteiger partial charge in [-0.3, -0.25) is 0 Å². The predicted octanol–water partition coefficient (Wildman–Crippen LogP) is 3.48. The van der Waals surface area contributed by atoms with Gasteiger partial charge >= 0.3 is 6.18 Å². The SMILES string of the molecule is COc1ccc(/C=C2\CCCc3c2noc3C(F)(F)F)cc1S(=O)(=O)[O-]. The van der Waals surface area contributed by atoms with Crippen LogP contribution in [0.3, 0.4) is 0 Å². The lowest BCUT2D eigenvalue weighted by atomic mass is 9.90. The van der Waals surface area contributed by atoms with Crippen LogP contribution in [0.4, 0.5) is 13.2 Å². The number of rotatable bonds is 3.